The molecule has 4 heteroatoms. The molecule has 0 radical (unpaired) electrons. The van der Waals surface area contributed by atoms with Gasteiger partial charge < -0.3 is 10.4 Å². The number of hydrogen-bond donors (Lipinski definition) is 2. The lowest BCUT2D eigenvalue weighted by molar-refractivity contribution is -0.122. The largest absolute Gasteiger partial charge is 0.387 e. The van der Waals surface area contributed by atoms with Gasteiger partial charge in [0.15, 0.2) is 0 Å². The number of thioether (sulfide) groups is 1. The van der Waals surface area contributed by atoms with Gasteiger partial charge in [0, 0.05) is 18.7 Å². The lowest BCUT2D eigenvalue weighted by atomic mass is 10.1. The van der Waals surface area contributed by atoms with Crippen LogP contribution >= 0.6 is 11.8 Å². The van der Waals surface area contributed by atoms with Crippen molar-refractivity contribution in [2.45, 2.75) is 38.2 Å². The summed E-state index contributed by atoms with van der Waals surface area (Å²) in [7, 11) is 0. The molecular formula is C11H21NO2S. The molecule has 1 unspecified atom stereocenters. The molecule has 3 nitrogen and oxygen atoms in total. The van der Waals surface area contributed by atoms with Gasteiger partial charge in [0.05, 0.1) is 5.60 Å². The van der Waals surface area contributed by atoms with Crippen molar-refractivity contribution in [2.75, 3.05) is 18.6 Å². The predicted octanol–water partition coefficient (Wildman–Crippen LogP) is 1.41. The first-order valence-corrected chi connectivity index (χ1v) is 6.91. The average Bonchev–Trinajstić information content (AvgIpc) is 2.95. The molecule has 0 aliphatic heterocycles. The highest BCUT2D eigenvalue weighted by Crippen LogP contribution is 2.33. The molecule has 0 aromatic carbocycles. The molecule has 0 heterocycles. The van der Waals surface area contributed by atoms with Crippen LogP contribution in [0.4, 0.5) is 0 Å². The summed E-state index contributed by atoms with van der Waals surface area (Å²) < 4.78 is 0. The fraction of sp³-hybridized carbons (Fsp3) is 0.909. The number of aliphatic hydroxyl groups is 1. The topological polar surface area (TPSA) is 49.3 Å². The van der Waals surface area contributed by atoms with Gasteiger partial charge in [-0.2, -0.15) is 11.8 Å². The van der Waals surface area contributed by atoms with Crippen molar-refractivity contribution in [1.82, 2.24) is 5.32 Å². The van der Waals surface area contributed by atoms with Gasteiger partial charge in [-0.25, -0.2) is 0 Å². The molecular weight excluding hydrogens is 210 g/mol. The second-order valence-electron chi connectivity index (χ2n) is 4.69. The SMILES string of the molecule is CSCC(C)(O)CNC(=O)CCC1CC1. The van der Waals surface area contributed by atoms with Crippen LogP contribution in [-0.2, 0) is 4.79 Å². The number of amides is 1. The summed E-state index contributed by atoms with van der Waals surface area (Å²) in [6.07, 6.45) is 6.15. The molecule has 0 aromatic rings. The number of carbonyl (C=O) groups is 1. The predicted molar refractivity (Wildman–Crippen MR) is 64.0 cm³/mol. The van der Waals surface area contributed by atoms with E-state index in [2.05, 4.69) is 5.32 Å². The zero-order valence-corrected chi connectivity index (χ0v) is 10.4. The smallest absolute Gasteiger partial charge is 0.220 e. The Morgan fingerprint density at radius 1 is 1.60 bits per heavy atom. The Labute approximate surface area is 96.0 Å². The maximum absolute atomic E-state index is 11.4. The minimum atomic E-state index is -0.783. The quantitative estimate of drug-likeness (QED) is 0.696. The Balaban J connectivity index is 2.08. The van der Waals surface area contributed by atoms with Crippen LogP contribution in [0.1, 0.15) is 32.6 Å². The Morgan fingerprint density at radius 2 is 2.27 bits per heavy atom. The van der Waals surface area contributed by atoms with Gasteiger partial charge in [0.25, 0.3) is 0 Å². The van der Waals surface area contributed by atoms with Gasteiger partial charge in [0.2, 0.25) is 5.91 Å². The minimum absolute atomic E-state index is 0.0725. The second-order valence-corrected chi connectivity index (χ2v) is 5.55. The molecule has 0 spiro atoms. The number of rotatable bonds is 7. The van der Waals surface area contributed by atoms with E-state index in [0.29, 0.717) is 18.7 Å². The van der Waals surface area contributed by atoms with Gasteiger partial charge in [-0.15, -0.1) is 0 Å². The fourth-order valence-corrected chi connectivity index (χ4v) is 2.21. The van der Waals surface area contributed by atoms with Crippen LogP contribution < -0.4 is 5.32 Å². The molecule has 1 atom stereocenters. The first-order chi connectivity index (χ1) is 7.03. The highest BCUT2D eigenvalue weighted by molar-refractivity contribution is 7.98. The third-order valence-electron chi connectivity index (χ3n) is 2.60. The van der Waals surface area contributed by atoms with E-state index in [0.717, 1.165) is 12.3 Å². The zero-order valence-electron chi connectivity index (χ0n) is 9.58. The van der Waals surface area contributed by atoms with Gasteiger partial charge >= 0.3 is 0 Å². The number of nitrogens with one attached hydrogen (secondary N) is 1. The number of carbonyl (C=O) groups excluding carboxylic acids is 1. The van der Waals surface area contributed by atoms with Crippen molar-refractivity contribution in [3.05, 3.63) is 0 Å². The molecule has 1 saturated carbocycles. The normalized spacial score (nSPS) is 19.7. The Kier molecular flexibility index (Phi) is 4.93. The molecule has 2 N–H and O–H groups in total. The van der Waals surface area contributed by atoms with E-state index in [-0.39, 0.29) is 5.91 Å². The van der Waals surface area contributed by atoms with E-state index in [1.807, 2.05) is 6.26 Å². The van der Waals surface area contributed by atoms with Crippen LogP contribution in [0.25, 0.3) is 0 Å². The molecule has 88 valence electrons. The first-order valence-electron chi connectivity index (χ1n) is 5.51. The third kappa shape index (κ3) is 6.05. The molecule has 0 bridgehead atoms. The van der Waals surface area contributed by atoms with Gasteiger partial charge in [-0.1, -0.05) is 12.8 Å². The van der Waals surface area contributed by atoms with Crippen molar-refractivity contribution in [1.29, 1.82) is 0 Å². The summed E-state index contributed by atoms with van der Waals surface area (Å²) in [6, 6.07) is 0. The van der Waals surface area contributed by atoms with E-state index in [1.165, 1.54) is 12.8 Å². The minimum Gasteiger partial charge on any atom is -0.387 e. The Morgan fingerprint density at radius 3 is 2.80 bits per heavy atom. The molecule has 15 heavy (non-hydrogen) atoms. The van der Waals surface area contributed by atoms with Crippen LogP contribution in [0.3, 0.4) is 0 Å². The van der Waals surface area contributed by atoms with E-state index in [1.54, 1.807) is 18.7 Å². The van der Waals surface area contributed by atoms with Crippen molar-refractivity contribution in [3.63, 3.8) is 0 Å². The van der Waals surface area contributed by atoms with Crippen LogP contribution in [0.5, 0.6) is 0 Å². The highest BCUT2D eigenvalue weighted by Gasteiger charge is 2.23. The van der Waals surface area contributed by atoms with E-state index < -0.39 is 5.60 Å². The van der Waals surface area contributed by atoms with E-state index in [9.17, 15) is 9.90 Å². The third-order valence-corrected chi connectivity index (χ3v) is 3.51. The summed E-state index contributed by atoms with van der Waals surface area (Å²) in [4.78, 5) is 11.4. The average molecular weight is 231 g/mol. The molecule has 0 saturated heterocycles. The van der Waals surface area contributed by atoms with Crippen molar-refractivity contribution in [2.24, 2.45) is 5.92 Å². The summed E-state index contributed by atoms with van der Waals surface area (Å²) in [6.45, 7) is 2.11. The molecule has 0 aromatic heterocycles. The number of hydrogen-bond acceptors (Lipinski definition) is 3. The maximum Gasteiger partial charge on any atom is 0.220 e. The van der Waals surface area contributed by atoms with Gasteiger partial charge in [-0.05, 0) is 25.5 Å². The summed E-state index contributed by atoms with van der Waals surface area (Å²) in [5.41, 5.74) is -0.783. The van der Waals surface area contributed by atoms with Crippen LogP contribution in [0, 0.1) is 5.92 Å². The van der Waals surface area contributed by atoms with Crippen molar-refractivity contribution < 1.29 is 9.90 Å². The lowest BCUT2D eigenvalue weighted by Gasteiger charge is -2.22. The lowest BCUT2D eigenvalue weighted by Crippen LogP contribution is -2.42. The summed E-state index contributed by atoms with van der Waals surface area (Å²) in [5, 5.41) is 12.6. The molecule has 1 rings (SSSR count). The van der Waals surface area contributed by atoms with E-state index >= 15 is 0 Å². The summed E-state index contributed by atoms with van der Waals surface area (Å²) in [5.74, 6) is 1.52. The second kappa shape index (κ2) is 5.75. The summed E-state index contributed by atoms with van der Waals surface area (Å²) >= 11 is 1.59. The van der Waals surface area contributed by atoms with Gasteiger partial charge in [-0.3, -0.25) is 4.79 Å². The van der Waals surface area contributed by atoms with Crippen LogP contribution in [0.15, 0.2) is 0 Å². The maximum atomic E-state index is 11.4. The molecule has 1 aliphatic carbocycles. The monoisotopic (exact) mass is 231 g/mol. The molecule has 1 aliphatic rings. The van der Waals surface area contributed by atoms with Crippen LogP contribution in [0.2, 0.25) is 0 Å². The van der Waals surface area contributed by atoms with Crippen molar-refractivity contribution >= 4 is 17.7 Å². The Hall–Kier alpha value is -0.220. The standard InChI is InChI=1S/C11H21NO2S/c1-11(14,8-15-2)7-12-10(13)6-5-9-3-4-9/h9,14H,3-8H2,1-2H3,(H,12,13). The molecule has 1 amide bonds. The zero-order chi connectivity index (χ0) is 11.3. The molecule has 1 fully saturated rings. The highest BCUT2D eigenvalue weighted by atomic mass is 32.2. The van der Waals surface area contributed by atoms with Crippen molar-refractivity contribution in [3.8, 4) is 0 Å². The van der Waals surface area contributed by atoms with E-state index in [4.69, 9.17) is 0 Å². The fourth-order valence-electron chi connectivity index (χ4n) is 1.48. The van der Waals surface area contributed by atoms with Gasteiger partial charge in [0.1, 0.15) is 0 Å². The van der Waals surface area contributed by atoms with Crippen LogP contribution in [-0.4, -0.2) is 35.2 Å². The Bertz CT molecular complexity index is 215. The first kappa shape index (κ1) is 12.8.